The van der Waals surface area contributed by atoms with Gasteiger partial charge in [0.25, 0.3) is 0 Å². The molecule has 29 heavy (non-hydrogen) atoms. The van der Waals surface area contributed by atoms with E-state index in [4.69, 9.17) is 21.3 Å². The van der Waals surface area contributed by atoms with Crippen LogP contribution in [0.4, 0.5) is 0 Å². The average molecular weight is 406 g/mol. The van der Waals surface area contributed by atoms with Crippen molar-refractivity contribution in [1.82, 2.24) is 14.5 Å². The summed E-state index contributed by atoms with van der Waals surface area (Å²) in [5, 5.41) is 0.713. The van der Waals surface area contributed by atoms with E-state index in [0.29, 0.717) is 11.6 Å². The van der Waals surface area contributed by atoms with Crippen LogP contribution >= 0.6 is 11.6 Å². The van der Waals surface area contributed by atoms with Gasteiger partial charge in [-0.05, 0) is 69.0 Å². The molecular formula is C24H24ClN3O. The number of imidazole rings is 1. The number of rotatable bonds is 7. The van der Waals surface area contributed by atoms with Gasteiger partial charge in [0.05, 0.1) is 17.6 Å². The van der Waals surface area contributed by atoms with Crippen LogP contribution in [0.1, 0.15) is 6.42 Å². The fraction of sp³-hybridized carbons (Fsp3) is 0.208. The first-order valence-electron chi connectivity index (χ1n) is 9.73. The molecule has 4 rings (SSSR count). The molecule has 1 aromatic heterocycles. The van der Waals surface area contributed by atoms with Crippen molar-refractivity contribution in [2.24, 2.45) is 0 Å². The van der Waals surface area contributed by atoms with Gasteiger partial charge in [0, 0.05) is 28.9 Å². The lowest BCUT2D eigenvalue weighted by Crippen LogP contribution is -2.15. The first-order valence-corrected chi connectivity index (χ1v) is 10.1. The number of hydrogen-bond donors (Lipinski definition) is 0. The first-order chi connectivity index (χ1) is 14.1. The van der Waals surface area contributed by atoms with Crippen molar-refractivity contribution >= 4 is 22.6 Å². The van der Waals surface area contributed by atoms with Gasteiger partial charge in [0.2, 0.25) is 0 Å². The second-order valence-electron chi connectivity index (χ2n) is 7.27. The van der Waals surface area contributed by atoms with Gasteiger partial charge in [0.1, 0.15) is 11.6 Å². The third kappa shape index (κ3) is 4.44. The molecule has 4 aromatic rings. The van der Waals surface area contributed by atoms with E-state index in [0.717, 1.165) is 46.8 Å². The molecule has 0 aliphatic heterocycles. The summed E-state index contributed by atoms with van der Waals surface area (Å²) in [5.41, 5.74) is 4.03. The molecule has 0 aliphatic carbocycles. The summed E-state index contributed by atoms with van der Waals surface area (Å²) in [5.74, 6) is 1.74. The van der Waals surface area contributed by atoms with Crippen molar-refractivity contribution < 1.29 is 4.74 Å². The fourth-order valence-electron chi connectivity index (χ4n) is 3.35. The highest BCUT2D eigenvalue weighted by Gasteiger charge is 2.15. The number of benzene rings is 3. The van der Waals surface area contributed by atoms with Crippen molar-refractivity contribution in [3.63, 3.8) is 0 Å². The molecule has 0 fully saturated rings. The summed E-state index contributed by atoms with van der Waals surface area (Å²) in [7, 11) is 4.14. The van der Waals surface area contributed by atoms with E-state index in [1.165, 1.54) is 0 Å². The Morgan fingerprint density at radius 1 is 0.966 bits per heavy atom. The SMILES string of the molecule is CN(C)CCCOc1ccc2nc(-c3ccc(Cl)cc3)n(-c3ccccc3)c2c1. The molecule has 0 aliphatic rings. The zero-order valence-corrected chi connectivity index (χ0v) is 17.4. The summed E-state index contributed by atoms with van der Waals surface area (Å²) >= 11 is 6.09. The van der Waals surface area contributed by atoms with E-state index in [-0.39, 0.29) is 0 Å². The van der Waals surface area contributed by atoms with Crippen LogP contribution in [0.25, 0.3) is 28.1 Å². The highest BCUT2D eigenvalue weighted by molar-refractivity contribution is 6.30. The Bertz CT molecular complexity index is 1090. The fourth-order valence-corrected chi connectivity index (χ4v) is 3.47. The summed E-state index contributed by atoms with van der Waals surface area (Å²) in [4.78, 5) is 7.07. The monoisotopic (exact) mass is 405 g/mol. The summed E-state index contributed by atoms with van der Waals surface area (Å²) < 4.78 is 8.17. The molecule has 0 saturated heterocycles. The highest BCUT2D eigenvalue weighted by Crippen LogP contribution is 2.31. The Balaban J connectivity index is 1.76. The predicted molar refractivity (Wildman–Crippen MR) is 120 cm³/mol. The molecule has 3 aromatic carbocycles. The minimum atomic E-state index is 0.688. The van der Waals surface area contributed by atoms with Gasteiger partial charge < -0.3 is 9.64 Å². The highest BCUT2D eigenvalue weighted by atomic mass is 35.5. The lowest BCUT2D eigenvalue weighted by Gasteiger charge is -2.12. The van der Waals surface area contributed by atoms with Crippen LogP contribution in [0.5, 0.6) is 5.75 Å². The molecule has 4 nitrogen and oxygen atoms in total. The third-order valence-corrected chi connectivity index (χ3v) is 5.01. The maximum absolute atomic E-state index is 6.09. The molecule has 0 radical (unpaired) electrons. The standard InChI is InChI=1S/C24H24ClN3O/c1-27(2)15-6-16-29-21-13-14-22-23(17-21)28(20-7-4-3-5-8-20)24(26-22)18-9-11-19(25)12-10-18/h3-5,7-14,17H,6,15-16H2,1-2H3. The van der Waals surface area contributed by atoms with E-state index in [1.54, 1.807) is 0 Å². The van der Waals surface area contributed by atoms with E-state index < -0.39 is 0 Å². The first kappa shape index (κ1) is 19.5. The molecule has 0 bridgehead atoms. The van der Waals surface area contributed by atoms with E-state index in [1.807, 2.05) is 54.6 Å². The number of fused-ring (bicyclic) bond motifs is 1. The van der Waals surface area contributed by atoms with Gasteiger partial charge in [-0.25, -0.2) is 4.98 Å². The molecule has 0 atom stereocenters. The smallest absolute Gasteiger partial charge is 0.145 e. The van der Waals surface area contributed by atoms with E-state index >= 15 is 0 Å². The van der Waals surface area contributed by atoms with Crippen molar-refractivity contribution in [3.8, 4) is 22.8 Å². The Morgan fingerprint density at radius 3 is 2.45 bits per heavy atom. The van der Waals surface area contributed by atoms with Crippen molar-refractivity contribution in [1.29, 1.82) is 0 Å². The minimum Gasteiger partial charge on any atom is -0.493 e. The lowest BCUT2D eigenvalue weighted by atomic mass is 10.2. The van der Waals surface area contributed by atoms with Crippen LogP contribution < -0.4 is 4.74 Å². The van der Waals surface area contributed by atoms with Gasteiger partial charge >= 0.3 is 0 Å². The van der Waals surface area contributed by atoms with Gasteiger partial charge in [-0.3, -0.25) is 4.57 Å². The molecule has 148 valence electrons. The van der Waals surface area contributed by atoms with Gasteiger partial charge in [0.15, 0.2) is 0 Å². The molecule has 0 saturated carbocycles. The second kappa shape index (κ2) is 8.68. The van der Waals surface area contributed by atoms with Crippen LogP contribution in [-0.4, -0.2) is 41.7 Å². The largest absolute Gasteiger partial charge is 0.493 e. The molecule has 1 heterocycles. The molecular weight excluding hydrogens is 382 g/mol. The molecule has 0 amide bonds. The third-order valence-electron chi connectivity index (χ3n) is 4.76. The zero-order valence-electron chi connectivity index (χ0n) is 16.7. The maximum atomic E-state index is 6.09. The van der Waals surface area contributed by atoms with Gasteiger partial charge in [-0.2, -0.15) is 0 Å². The molecule has 5 heteroatoms. The predicted octanol–water partition coefficient (Wildman–Crippen LogP) is 5.68. The van der Waals surface area contributed by atoms with E-state index in [9.17, 15) is 0 Å². The van der Waals surface area contributed by atoms with Crippen LogP contribution in [0.3, 0.4) is 0 Å². The van der Waals surface area contributed by atoms with Crippen LogP contribution in [0.15, 0.2) is 72.8 Å². The Hall–Kier alpha value is -2.82. The van der Waals surface area contributed by atoms with Gasteiger partial charge in [-0.15, -0.1) is 0 Å². The number of hydrogen-bond acceptors (Lipinski definition) is 3. The number of ether oxygens (including phenoxy) is 1. The van der Waals surface area contributed by atoms with Crippen molar-refractivity contribution in [3.05, 3.63) is 77.8 Å². The van der Waals surface area contributed by atoms with Gasteiger partial charge in [-0.1, -0.05) is 29.8 Å². The quantitative estimate of drug-likeness (QED) is 0.371. The van der Waals surface area contributed by atoms with Crippen molar-refractivity contribution in [2.45, 2.75) is 6.42 Å². The Morgan fingerprint density at radius 2 is 1.72 bits per heavy atom. The minimum absolute atomic E-state index is 0.688. The van der Waals surface area contributed by atoms with E-state index in [2.05, 4.69) is 41.8 Å². The summed E-state index contributed by atoms with van der Waals surface area (Å²) in [6.45, 7) is 1.69. The molecule has 0 spiro atoms. The Kier molecular flexibility index (Phi) is 5.84. The normalized spacial score (nSPS) is 11.3. The number of halogens is 1. The zero-order chi connectivity index (χ0) is 20.2. The maximum Gasteiger partial charge on any atom is 0.145 e. The topological polar surface area (TPSA) is 30.3 Å². The second-order valence-corrected chi connectivity index (χ2v) is 7.71. The average Bonchev–Trinajstić information content (AvgIpc) is 3.11. The number of aromatic nitrogens is 2. The van der Waals surface area contributed by atoms with Crippen LogP contribution in [-0.2, 0) is 0 Å². The lowest BCUT2D eigenvalue weighted by molar-refractivity contribution is 0.282. The van der Waals surface area contributed by atoms with Crippen LogP contribution in [0.2, 0.25) is 5.02 Å². The number of nitrogens with zero attached hydrogens (tertiary/aromatic N) is 3. The van der Waals surface area contributed by atoms with Crippen molar-refractivity contribution in [2.75, 3.05) is 27.2 Å². The summed E-state index contributed by atoms with van der Waals surface area (Å²) in [6, 6.07) is 24.1. The molecule has 0 N–H and O–H groups in total. The molecule has 0 unspecified atom stereocenters. The Labute approximate surface area is 176 Å². The number of para-hydroxylation sites is 1. The summed E-state index contributed by atoms with van der Waals surface area (Å²) in [6.07, 6.45) is 0.985. The van der Waals surface area contributed by atoms with Crippen LogP contribution in [0, 0.1) is 0 Å².